The zero-order valence-electron chi connectivity index (χ0n) is 16.3. The van der Waals surface area contributed by atoms with Crippen molar-refractivity contribution in [2.24, 2.45) is 0 Å². The van der Waals surface area contributed by atoms with Gasteiger partial charge in [0.1, 0.15) is 0 Å². The summed E-state index contributed by atoms with van der Waals surface area (Å²) in [6.45, 7) is 2.04. The normalized spacial score (nSPS) is 10.8. The monoisotopic (exact) mass is 384 g/mol. The Labute approximate surface area is 168 Å². The molecule has 0 saturated carbocycles. The predicted octanol–water partition coefficient (Wildman–Crippen LogP) is 5.62. The highest BCUT2D eigenvalue weighted by Crippen LogP contribution is 2.39. The van der Waals surface area contributed by atoms with Crippen molar-refractivity contribution in [1.82, 2.24) is 0 Å². The summed E-state index contributed by atoms with van der Waals surface area (Å²) >= 11 is 0. The zero-order chi connectivity index (χ0) is 20.4. The Morgan fingerprint density at radius 2 is 1.17 bits per heavy atom. The highest BCUT2D eigenvalue weighted by molar-refractivity contribution is 6.17. The molecule has 0 N–H and O–H groups in total. The molecule has 0 bridgehead atoms. The molecule has 0 spiro atoms. The van der Waals surface area contributed by atoms with Gasteiger partial charge in [-0.2, -0.15) is 0 Å². The SMILES string of the molecule is CCOC(=O)c1ccc2ccccc2c1-c1c(C(=O)OC)ccc2ccccc12. The van der Waals surface area contributed by atoms with E-state index in [1.54, 1.807) is 19.1 Å². The van der Waals surface area contributed by atoms with Crippen LogP contribution < -0.4 is 0 Å². The van der Waals surface area contributed by atoms with Crippen LogP contribution >= 0.6 is 0 Å². The first-order valence-electron chi connectivity index (χ1n) is 9.45. The number of rotatable bonds is 4. The van der Waals surface area contributed by atoms with E-state index in [2.05, 4.69) is 0 Å². The van der Waals surface area contributed by atoms with Crippen molar-refractivity contribution in [2.45, 2.75) is 6.92 Å². The molecule has 144 valence electrons. The number of carbonyl (C=O) groups excluding carboxylic acids is 2. The second kappa shape index (κ2) is 7.76. The van der Waals surface area contributed by atoms with Crippen LogP contribution in [0.3, 0.4) is 0 Å². The van der Waals surface area contributed by atoms with Gasteiger partial charge in [-0.1, -0.05) is 60.7 Å². The lowest BCUT2D eigenvalue weighted by Crippen LogP contribution is -2.10. The van der Waals surface area contributed by atoms with E-state index in [4.69, 9.17) is 9.47 Å². The van der Waals surface area contributed by atoms with E-state index >= 15 is 0 Å². The van der Waals surface area contributed by atoms with Crippen molar-refractivity contribution < 1.29 is 19.1 Å². The lowest BCUT2D eigenvalue weighted by Gasteiger charge is -2.17. The van der Waals surface area contributed by atoms with Gasteiger partial charge in [0.25, 0.3) is 0 Å². The molecule has 0 aliphatic rings. The van der Waals surface area contributed by atoms with Gasteiger partial charge in [0.2, 0.25) is 0 Å². The Balaban J connectivity index is 2.19. The second-order valence-electron chi connectivity index (χ2n) is 6.63. The largest absolute Gasteiger partial charge is 0.465 e. The number of ether oxygens (including phenoxy) is 2. The summed E-state index contributed by atoms with van der Waals surface area (Å²) in [5.74, 6) is -0.870. The Kier molecular flexibility index (Phi) is 5.00. The summed E-state index contributed by atoms with van der Waals surface area (Å²) in [6.07, 6.45) is 0. The van der Waals surface area contributed by atoms with Gasteiger partial charge in [0.05, 0.1) is 24.8 Å². The molecule has 0 unspecified atom stereocenters. The maximum atomic E-state index is 12.8. The van der Waals surface area contributed by atoms with Crippen LogP contribution in [0.4, 0.5) is 0 Å². The lowest BCUT2D eigenvalue weighted by molar-refractivity contribution is 0.0525. The van der Waals surface area contributed by atoms with E-state index in [9.17, 15) is 9.59 Å². The molecular formula is C25H20O4. The van der Waals surface area contributed by atoms with Crippen LogP contribution in [0, 0.1) is 0 Å². The maximum Gasteiger partial charge on any atom is 0.338 e. The van der Waals surface area contributed by atoms with E-state index in [0.717, 1.165) is 21.5 Å². The van der Waals surface area contributed by atoms with Crippen LogP contribution in [-0.2, 0) is 9.47 Å². The minimum Gasteiger partial charge on any atom is -0.465 e. The van der Waals surface area contributed by atoms with Gasteiger partial charge in [0, 0.05) is 11.1 Å². The third kappa shape index (κ3) is 3.23. The van der Waals surface area contributed by atoms with E-state index in [-0.39, 0.29) is 6.61 Å². The molecule has 0 saturated heterocycles. The minimum absolute atomic E-state index is 0.268. The fourth-order valence-corrected chi connectivity index (χ4v) is 3.74. The highest BCUT2D eigenvalue weighted by Gasteiger charge is 2.24. The predicted molar refractivity (Wildman–Crippen MR) is 114 cm³/mol. The second-order valence-corrected chi connectivity index (χ2v) is 6.63. The Hall–Kier alpha value is -3.66. The van der Waals surface area contributed by atoms with Crippen molar-refractivity contribution in [3.8, 4) is 11.1 Å². The standard InChI is InChI=1S/C25H20O4/c1-3-29-25(27)21-15-13-17-9-5-7-11-19(17)23(21)22-18-10-6-4-8-16(18)12-14-20(22)24(26)28-2/h4-15H,3H2,1-2H3. The molecule has 0 atom stereocenters. The minimum atomic E-state index is -0.450. The molecule has 4 rings (SSSR count). The number of fused-ring (bicyclic) bond motifs is 2. The third-order valence-electron chi connectivity index (χ3n) is 5.01. The summed E-state index contributed by atoms with van der Waals surface area (Å²) in [4.78, 5) is 25.5. The first-order chi connectivity index (χ1) is 14.2. The van der Waals surface area contributed by atoms with Crippen molar-refractivity contribution in [3.63, 3.8) is 0 Å². The molecule has 0 fully saturated rings. The average Bonchev–Trinajstić information content (AvgIpc) is 2.77. The molecule has 0 aliphatic carbocycles. The molecular weight excluding hydrogens is 364 g/mol. The first-order valence-corrected chi connectivity index (χ1v) is 9.45. The molecule has 4 aromatic carbocycles. The van der Waals surface area contributed by atoms with Crippen molar-refractivity contribution in [2.75, 3.05) is 13.7 Å². The van der Waals surface area contributed by atoms with E-state index in [1.807, 2.05) is 60.7 Å². The fourth-order valence-electron chi connectivity index (χ4n) is 3.74. The van der Waals surface area contributed by atoms with Crippen molar-refractivity contribution in [3.05, 3.63) is 83.9 Å². The molecule has 0 amide bonds. The summed E-state index contributed by atoms with van der Waals surface area (Å²) < 4.78 is 10.4. The van der Waals surface area contributed by atoms with Gasteiger partial charge in [-0.15, -0.1) is 0 Å². The summed E-state index contributed by atoms with van der Waals surface area (Å²) in [7, 11) is 1.36. The lowest BCUT2D eigenvalue weighted by atomic mass is 9.87. The van der Waals surface area contributed by atoms with Gasteiger partial charge < -0.3 is 9.47 Å². The van der Waals surface area contributed by atoms with E-state index in [1.165, 1.54) is 7.11 Å². The van der Waals surface area contributed by atoms with Crippen LogP contribution in [0.15, 0.2) is 72.8 Å². The molecule has 4 aromatic rings. The molecule has 0 aliphatic heterocycles. The molecule has 0 heterocycles. The Morgan fingerprint density at radius 3 is 1.66 bits per heavy atom. The van der Waals surface area contributed by atoms with Crippen molar-refractivity contribution in [1.29, 1.82) is 0 Å². The summed E-state index contributed by atoms with van der Waals surface area (Å²) in [6, 6.07) is 22.9. The smallest absolute Gasteiger partial charge is 0.338 e. The topological polar surface area (TPSA) is 52.6 Å². The molecule has 4 nitrogen and oxygen atoms in total. The Bertz CT molecular complexity index is 1240. The fraction of sp³-hybridized carbons (Fsp3) is 0.120. The average molecular weight is 384 g/mol. The molecule has 4 heteroatoms. The maximum absolute atomic E-state index is 12.8. The van der Waals surface area contributed by atoms with Gasteiger partial charge >= 0.3 is 11.9 Å². The zero-order valence-corrected chi connectivity index (χ0v) is 16.3. The van der Waals surface area contributed by atoms with E-state index < -0.39 is 11.9 Å². The molecule has 0 radical (unpaired) electrons. The van der Waals surface area contributed by atoms with Gasteiger partial charge in [-0.05, 0) is 40.6 Å². The van der Waals surface area contributed by atoms with E-state index in [0.29, 0.717) is 22.3 Å². The van der Waals surface area contributed by atoms with Gasteiger partial charge in [-0.3, -0.25) is 0 Å². The van der Waals surface area contributed by atoms with Crippen LogP contribution in [0.5, 0.6) is 0 Å². The van der Waals surface area contributed by atoms with Gasteiger partial charge in [0.15, 0.2) is 0 Å². The number of methoxy groups -OCH3 is 1. The first kappa shape index (κ1) is 18.7. The van der Waals surface area contributed by atoms with Crippen molar-refractivity contribution >= 4 is 33.5 Å². The Morgan fingerprint density at radius 1 is 0.690 bits per heavy atom. The number of carbonyl (C=O) groups is 2. The van der Waals surface area contributed by atoms with Crippen LogP contribution in [0.2, 0.25) is 0 Å². The van der Waals surface area contributed by atoms with Crippen LogP contribution in [0.25, 0.3) is 32.7 Å². The quantitative estimate of drug-likeness (QED) is 0.428. The van der Waals surface area contributed by atoms with Crippen LogP contribution in [0.1, 0.15) is 27.6 Å². The van der Waals surface area contributed by atoms with Gasteiger partial charge in [-0.25, -0.2) is 9.59 Å². The summed E-state index contributed by atoms with van der Waals surface area (Å²) in [5, 5.41) is 3.69. The number of hydrogen-bond acceptors (Lipinski definition) is 4. The number of benzene rings is 4. The number of hydrogen-bond donors (Lipinski definition) is 0. The summed E-state index contributed by atoms with van der Waals surface area (Å²) in [5.41, 5.74) is 2.19. The third-order valence-corrected chi connectivity index (χ3v) is 5.01. The highest BCUT2D eigenvalue weighted by atomic mass is 16.5. The molecule has 29 heavy (non-hydrogen) atoms. The van der Waals surface area contributed by atoms with Crippen LogP contribution in [-0.4, -0.2) is 25.7 Å². The number of esters is 2. The molecule has 0 aromatic heterocycles.